The summed E-state index contributed by atoms with van der Waals surface area (Å²) in [5, 5.41) is 0. The second kappa shape index (κ2) is 6.82. The van der Waals surface area contributed by atoms with Crippen molar-refractivity contribution in [3.63, 3.8) is 0 Å². The first kappa shape index (κ1) is 16.8. The van der Waals surface area contributed by atoms with Crippen LogP contribution in [0.3, 0.4) is 0 Å². The van der Waals surface area contributed by atoms with E-state index in [2.05, 4.69) is 14.7 Å². The van der Waals surface area contributed by atoms with Crippen LogP contribution in [0.15, 0.2) is 60.9 Å². The van der Waals surface area contributed by atoms with Gasteiger partial charge in [-0.2, -0.15) is 0 Å². The van der Waals surface area contributed by atoms with Crippen LogP contribution in [0.2, 0.25) is 0 Å². The molecule has 1 heterocycles. The summed E-state index contributed by atoms with van der Waals surface area (Å²) in [5.74, 6) is -0.176. The molecule has 0 saturated heterocycles. The van der Waals surface area contributed by atoms with Gasteiger partial charge in [-0.05, 0) is 48.0 Å². The van der Waals surface area contributed by atoms with Crippen molar-refractivity contribution in [3.8, 4) is 0 Å². The minimum atomic E-state index is -3.33. The van der Waals surface area contributed by atoms with Crippen molar-refractivity contribution in [1.29, 1.82) is 0 Å². The van der Waals surface area contributed by atoms with E-state index in [0.29, 0.717) is 11.3 Å². The van der Waals surface area contributed by atoms with Gasteiger partial charge >= 0.3 is 0 Å². The van der Waals surface area contributed by atoms with Crippen molar-refractivity contribution < 1.29 is 13.2 Å². The van der Waals surface area contributed by atoms with Gasteiger partial charge in [0.05, 0.1) is 17.3 Å². The lowest BCUT2D eigenvalue weighted by Crippen LogP contribution is -2.09. The number of rotatable bonds is 5. The largest absolute Gasteiger partial charge is 0.289 e. The molecule has 0 radical (unpaired) electrons. The van der Waals surface area contributed by atoms with Gasteiger partial charge in [-0.3, -0.25) is 19.5 Å². The third kappa shape index (κ3) is 4.48. The maximum Gasteiger partial charge on any atom is 0.229 e. The summed E-state index contributed by atoms with van der Waals surface area (Å²) in [7, 11) is -3.33. The smallest absolute Gasteiger partial charge is 0.229 e. The maximum atomic E-state index is 12.2. The van der Waals surface area contributed by atoms with Gasteiger partial charge < -0.3 is 0 Å². The van der Waals surface area contributed by atoms with Gasteiger partial charge in [0.15, 0.2) is 5.78 Å². The first-order valence-corrected chi connectivity index (χ1v) is 9.31. The Hall–Kier alpha value is -3.06. The van der Waals surface area contributed by atoms with Crippen molar-refractivity contribution in [2.24, 2.45) is 0 Å². The number of benzene rings is 2. The lowest BCUT2D eigenvalue weighted by molar-refractivity contribution is 0.104. The van der Waals surface area contributed by atoms with Gasteiger partial charge in [0.1, 0.15) is 0 Å². The molecule has 0 atom stereocenters. The fourth-order valence-corrected chi connectivity index (χ4v) is 2.83. The summed E-state index contributed by atoms with van der Waals surface area (Å²) in [4.78, 5) is 20.6. The number of ketones is 1. The number of carbonyl (C=O) groups is 1. The predicted octanol–water partition coefficient (Wildman–Crippen LogP) is 2.90. The van der Waals surface area contributed by atoms with Crippen molar-refractivity contribution in [1.82, 2.24) is 9.97 Å². The monoisotopic (exact) mass is 353 g/mol. The van der Waals surface area contributed by atoms with E-state index in [1.807, 2.05) is 18.2 Å². The highest BCUT2D eigenvalue weighted by Crippen LogP contribution is 2.14. The number of nitrogens with one attached hydrogen (secondary N) is 1. The molecule has 0 aliphatic rings. The molecule has 0 aliphatic carbocycles. The van der Waals surface area contributed by atoms with Crippen LogP contribution >= 0.6 is 0 Å². The number of allylic oxidation sites excluding steroid dienone is 1. The molecule has 0 spiro atoms. The van der Waals surface area contributed by atoms with E-state index >= 15 is 0 Å². The maximum absolute atomic E-state index is 12.2. The molecular formula is C18H15N3O3S. The van der Waals surface area contributed by atoms with E-state index in [0.717, 1.165) is 22.9 Å². The minimum absolute atomic E-state index is 0.176. The average molecular weight is 353 g/mol. The molecule has 2 aromatic carbocycles. The first-order chi connectivity index (χ1) is 11.9. The Kier molecular flexibility index (Phi) is 4.58. The van der Waals surface area contributed by atoms with Crippen LogP contribution in [0, 0.1) is 0 Å². The minimum Gasteiger partial charge on any atom is -0.289 e. The molecule has 0 amide bonds. The quantitative estimate of drug-likeness (QED) is 0.563. The second-order valence-electron chi connectivity index (χ2n) is 5.45. The summed E-state index contributed by atoms with van der Waals surface area (Å²) < 4.78 is 24.7. The molecule has 7 heteroatoms. The number of carbonyl (C=O) groups excluding carboxylic acids is 1. The van der Waals surface area contributed by atoms with Crippen LogP contribution < -0.4 is 4.72 Å². The van der Waals surface area contributed by atoms with Gasteiger partial charge in [-0.25, -0.2) is 8.42 Å². The van der Waals surface area contributed by atoms with Crippen molar-refractivity contribution >= 4 is 38.6 Å². The molecule has 3 aromatic rings. The standard InChI is InChI=1S/C18H15N3O3S/c1-25(23,24)21-15-6-4-14(5-7-15)18(22)9-3-13-2-8-16-17(12-13)20-11-10-19-16/h2-12,21H,1H3/b9-3+. The summed E-state index contributed by atoms with van der Waals surface area (Å²) >= 11 is 0. The van der Waals surface area contributed by atoms with Crippen LogP contribution in [0.25, 0.3) is 17.1 Å². The van der Waals surface area contributed by atoms with E-state index in [4.69, 9.17) is 0 Å². The number of sulfonamides is 1. The highest BCUT2D eigenvalue weighted by molar-refractivity contribution is 7.92. The lowest BCUT2D eigenvalue weighted by Gasteiger charge is -2.04. The number of fused-ring (bicyclic) bond motifs is 1. The van der Waals surface area contributed by atoms with Crippen LogP contribution in [0.5, 0.6) is 0 Å². The first-order valence-electron chi connectivity index (χ1n) is 7.42. The molecule has 0 fully saturated rings. The fourth-order valence-electron chi connectivity index (χ4n) is 2.27. The molecular weight excluding hydrogens is 338 g/mol. The molecule has 25 heavy (non-hydrogen) atoms. The molecule has 1 N–H and O–H groups in total. The Morgan fingerprint density at radius 3 is 2.36 bits per heavy atom. The Balaban J connectivity index is 1.75. The van der Waals surface area contributed by atoms with Crippen LogP contribution in [-0.2, 0) is 10.0 Å². The van der Waals surface area contributed by atoms with Gasteiger partial charge in [0.25, 0.3) is 0 Å². The van der Waals surface area contributed by atoms with E-state index < -0.39 is 10.0 Å². The van der Waals surface area contributed by atoms with Crippen molar-refractivity contribution in [2.75, 3.05) is 11.0 Å². The Morgan fingerprint density at radius 1 is 1.00 bits per heavy atom. The van der Waals surface area contributed by atoms with Crippen molar-refractivity contribution in [3.05, 3.63) is 72.1 Å². The SMILES string of the molecule is CS(=O)(=O)Nc1ccc(C(=O)/C=C/c2ccc3nccnc3c2)cc1. The van der Waals surface area contributed by atoms with Gasteiger partial charge in [0.2, 0.25) is 10.0 Å². The van der Waals surface area contributed by atoms with E-state index in [-0.39, 0.29) is 5.78 Å². The molecule has 0 aliphatic heterocycles. The molecule has 6 nitrogen and oxygen atoms in total. The third-order valence-electron chi connectivity index (χ3n) is 3.39. The zero-order chi connectivity index (χ0) is 17.9. The number of hydrogen-bond donors (Lipinski definition) is 1. The Bertz CT molecular complexity index is 1060. The molecule has 126 valence electrons. The van der Waals surface area contributed by atoms with Crippen molar-refractivity contribution in [2.45, 2.75) is 0 Å². The zero-order valence-corrected chi connectivity index (χ0v) is 14.2. The Labute approximate surface area is 145 Å². The molecule has 0 saturated carbocycles. The van der Waals surface area contributed by atoms with Gasteiger partial charge in [-0.1, -0.05) is 12.1 Å². The average Bonchev–Trinajstić information content (AvgIpc) is 2.59. The summed E-state index contributed by atoms with van der Waals surface area (Å²) in [6.45, 7) is 0. The zero-order valence-electron chi connectivity index (χ0n) is 13.4. The molecule has 3 rings (SSSR count). The Morgan fingerprint density at radius 2 is 1.68 bits per heavy atom. The number of aromatic nitrogens is 2. The van der Waals surface area contributed by atoms with E-state index in [9.17, 15) is 13.2 Å². The highest BCUT2D eigenvalue weighted by Gasteiger charge is 2.05. The third-order valence-corrected chi connectivity index (χ3v) is 4.00. The number of nitrogens with zero attached hydrogens (tertiary/aromatic N) is 2. The van der Waals surface area contributed by atoms with Gasteiger partial charge in [-0.15, -0.1) is 0 Å². The van der Waals surface area contributed by atoms with E-state index in [1.165, 1.54) is 6.08 Å². The molecule has 1 aromatic heterocycles. The highest BCUT2D eigenvalue weighted by atomic mass is 32.2. The van der Waals surface area contributed by atoms with Gasteiger partial charge in [0, 0.05) is 23.6 Å². The topological polar surface area (TPSA) is 89.0 Å². The van der Waals surface area contributed by atoms with Crippen LogP contribution in [0.4, 0.5) is 5.69 Å². The summed E-state index contributed by atoms with van der Waals surface area (Å²) in [5.41, 5.74) is 3.27. The summed E-state index contributed by atoms with van der Waals surface area (Å²) in [6.07, 6.45) is 7.50. The number of hydrogen-bond acceptors (Lipinski definition) is 5. The molecule has 0 unspecified atom stereocenters. The van der Waals surface area contributed by atoms with E-state index in [1.54, 1.807) is 42.7 Å². The fraction of sp³-hybridized carbons (Fsp3) is 0.0556. The second-order valence-corrected chi connectivity index (χ2v) is 7.20. The molecule has 0 bridgehead atoms. The van der Waals surface area contributed by atoms with Crippen LogP contribution in [-0.4, -0.2) is 30.4 Å². The number of anilines is 1. The summed E-state index contributed by atoms with van der Waals surface area (Å²) in [6, 6.07) is 11.8. The van der Waals surface area contributed by atoms with Crippen LogP contribution in [0.1, 0.15) is 15.9 Å². The predicted molar refractivity (Wildman–Crippen MR) is 97.8 cm³/mol. The lowest BCUT2D eigenvalue weighted by atomic mass is 10.1. The normalized spacial score (nSPS) is 11.7.